The van der Waals surface area contributed by atoms with Gasteiger partial charge in [0.25, 0.3) is 5.91 Å². The first-order chi connectivity index (χ1) is 17.2. The summed E-state index contributed by atoms with van der Waals surface area (Å²) in [6.07, 6.45) is -2.45. The summed E-state index contributed by atoms with van der Waals surface area (Å²) >= 11 is 6.26. The van der Waals surface area contributed by atoms with Gasteiger partial charge in [0.1, 0.15) is 5.75 Å². The van der Waals surface area contributed by atoms with Crippen LogP contribution in [-0.2, 0) is 19.3 Å². The Morgan fingerprint density at radius 1 is 1.03 bits per heavy atom. The van der Waals surface area contributed by atoms with E-state index in [1.807, 2.05) is 30.3 Å². The van der Waals surface area contributed by atoms with Crippen LogP contribution in [-0.4, -0.2) is 31.0 Å². The van der Waals surface area contributed by atoms with E-state index in [0.717, 1.165) is 55.7 Å². The molecule has 0 aliphatic carbocycles. The lowest BCUT2D eigenvalue weighted by Crippen LogP contribution is -2.32. The molecule has 0 bridgehead atoms. The fraction of sp³-hybridized carbons (Fsp3) is 0.321. The van der Waals surface area contributed by atoms with E-state index in [-0.39, 0.29) is 12.1 Å². The van der Waals surface area contributed by atoms with Gasteiger partial charge in [-0.2, -0.15) is 13.2 Å². The van der Waals surface area contributed by atoms with Crippen molar-refractivity contribution in [2.24, 2.45) is 0 Å². The van der Waals surface area contributed by atoms with Crippen LogP contribution in [0.15, 0.2) is 66.7 Å². The highest BCUT2D eigenvalue weighted by molar-refractivity contribution is 6.32. The number of likely N-dealkylation sites (tertiary alicyclic amines) is 1. The molecule has 0 aromatic heterocycles. The SMILES string of the molecule is COc1ccc(CN2CCC(c3cccc(CNC(=O)c4cccc(C(F)(F)F)c4)c3)CC2)cc1Cl. The van der Waals surface area contributed by atoms with Crippen molar-refractivity contribution in [1.29, 1.82) is 0 Å². The highest BCUT2D eigenvalue weighted by Crippen LogP contribution is 2.31. The van der Waals surface area contributed by atoms with Gasteiger partial charge >= 0.3 is 6.18 Å². The monoisotopic (exact) mass is 516 g/mol. The maximum Gasteiger partial charge on any atom is 0.416 e. The normalized spacial score (nSPS) is 15.0. The molecule has 0 unspecified atom stereocenters. The molecule has 1 amide bonds. The van der Waals surface area contributed by atoms with Crippen LogP contribution < -0.4 is 10.1 Å². The van der Waals surface area contributed by atoms with Crippen LogP contribution >= 0.6 is 11.6 Å². The van der Waals surface area contributed by atoms with Crippen molar-refractivity contribution < 1.29 is 22.7 Å². The van der Waals surface area contributed by atoms with Gasteiger partial charge in [-0.3, -0.25) is 9.69 Å². The number of amides is 1. The Labute approximate surface area is 214 Å². The predicted octanol–water partition coefficient (Wildman–Crippen LogP) is 6.68. The molecule has 1 aliphatic rings. The van der Waals surface area contributed by atoms with Crippen LogP contribution in [0.3, 0.4) is 0 Å². The summed E-state index contributed by atoms with van der Waals surface area (Å²) in [6.45, 7) is 3.01. The zero-order chi connectivity index (χ0) is 25.7. The number of hydrogen-bond donors (Lipinski definition) is 1. The molecule has 1 fully saturated rings. The fourth-order valence-electron chi connectivity index (χ4n) is 4.57. The summed E-state index contributed by atoms with van der Waals surface area (Å²) in [6, 6.07) is 18.4. The lowest BCUT2D eigenvalue weighted by atomic mass is 9.88. The summed E-state index contributed by atoms with van der Waals surface area (Å²) < 4.78 is 44.0. The molecule has 36 heavy (non-hydrogen) atoms. The van der Waals surface area contributed by atoms with Crippen LogP contribution in [0.1, 0.15) is 51.4 Å². The smallest absolute Gasteiger partial charge is 0.416 e. The lowest BCUT2D eigenvalue weighted by molar-refractivity contribution is -0.137. The van der Waals surface area contributed by atoms with E-state index < -0.39 is 17.6 Å². The quantitative estimate of drug-likeness (QED) is 0.381. The first-order valence-corrected chi connectivity index (χ1v) is 12.2. The van der Waals surface area contributed by atoms with E-state index in [1.165, 1.54) is 17.7 Å². The number of carbonyl (C=O) groups is 1. The summed E-state index contributed by atoms with van der Waals surface area (Å²) in [4.78, 5) is 14.8. The number of nitrogens with zero attached hydrogens (tertiary/aromatic N) is 1. The molecule has 4 nitrogen and oxygen atoms in total. The highest BCUT2D eigenvalue weighted by Gasteiger charge is 2.31. The lowest BCUT2D eigenvalue weighted by Gasteiger charge is -2.32. The Morgan fingerprint density at radius 2 is 1.78 bits per heavy atom. The number of alkyl halides is 3. The standard InChI is InChI=1S/C28H28ClF3N2O2/c1-36-26-9-8-20(15-25(26)29)18-34-12-10-21(11-13-34)22-5-2-4-19(14-22)17-33-27(35)23-6-3-7-24(16-23)28(30,31)32/h2-9,14-16,21H,10-13,17-18H2,1H3,(H,33,35). The third-order valence-corrected chi connectivity index (χ3v) is 6.83. The predicted molar refractivity (Wildman–Crippen MR) is 134 cm³/mol. The number of hydrogen-bond acceptors (Lipinski definition) is 3. The fourth-order valence-corrected chi connectivity index (χ4v) is 4.85. The van der Waals surface area contributed by atoms with Crippen molar-refractivity contribution in [1.82, 2.24) is 10.2 Å². The van der Waals surface area contributed by atoms with E-state index in [1.54, 1.807) is 7.11 Å². The molecular formula is C28H28ClF3N2O2. The number of piperidine rings is 1. The first-order valence-electron chi connectivity index (χ1n) is 11.8. The number of carbonyl (C=O) groups excluding carboxylic acids is 1. The molecule has 0 saturated carbocycles. The molecule has 8 heteroatoms. The molecule has 0 atom stereocenters. The number of ether oxygens (including phenoxy) is 1. The van der Waals surface area contributed by atoms with Gasteiger partial charge < -0.3 is 10.1 Å². The second-order valence-corrected chi connectivity index (χ2v) is 9.43. The molecule has 1 heterocycles. The Bertz CT molecular complexity index is 1210. The van der Waals surface area contributed by atoms with Crippen LogP contribution in [0, 0.1) is 0 Å². The molecular weight excluding hydrogens is 489 g/mol. The van der Waals surface area contributed by atoms with Gasteiger partial charge in [0, 0.05) is 18.7 Å². The molecule has 4 rings (SSSR count). The maximum atomic E-state index is 12.9. The minimum Gasteiger partial charge on any atom is -0.495 e. The van der Waals surface area contributed by atoms with E-state index in [2.05, 4.69) is 22.3 Å². The largest absolute Gasteiger partial charge is 0.495 e. The van der Waals surface area contributed by atoms with E-state index in [4.69, 9.17) is 16.3 Å². The summed E-state index contributed by atoms with van der Waals surface area (Å²) in [5.74, 6) is 0.559. The Balaban J connectivity index is 1.31. The van der Waals surface area contributed by atoms with Gasteiger partial charge in [0.05, 0.1) is 17.7 Å². The number of nitrogens with one attached hydrogen (secondary N) is 1. The van der Waals surface area contributed by atoms with Crippen molar-refractivity contribution in [3.05, 3.63) is 99.6 Å². The number of rotatable bonds is 7. The molecule has 3 aromatic carbocycles. The second-order valence-electron chi connectivity index (χ2n) is 9.03. The van der Waals surface area contributed by atoms with Gasteiger partial charge in [0.2, 0.25) is 0 Å². The van der Waals surface area contributed by atoms with E-state index >= 15 is 0 Å². The third-order valence-electron chi connectivity index (χ3n) is 6.54. The summed E-state index contributed by atoms with van der Waals surface area (Å²) in [5, 5.41) is 3.35. The van der Waals surface area contributed by atoms with Gasteiger partial charge in [0.15, 0.2) is 0 Å². The van der Waals surface area contributed by atoms with Gasteiger partial charge in [-0.15, -0.1) is 0 Å². The zero-order valence-corrected chi connectivity index (χ0v) is 20.7. The average molecular weight is 517 g/mol. The van der Waals surface area contributed by atoms with E-state index in [9.17, 15) is 18.0 Å². The number of benzene rings is 3. The molecule has 190 valence electrons. The van der Waals surface area contributed by atoms with Gasteiger partial charge in [-0.05, 0) is 78.9 Å². The van der Waals surface area contributed by atoms with Crippen LogP contribution in [0.4, 0.5) is 13.2 Å². The minimum atomic E-state index is -4.48. The number of halogens is 4. The van der Waals surface area contributed by atoms with Crippen molar-refractivity contribution >= 4 is 17.5 Å². The summed E-state index contributed by atoms with van der Waals surface area (Å²) in [7, 11) is 1.60. The van der Waals surface area contributed by atoms with Gasteiger partial charge in [-0.25, -0.2) is 0 Å². The Morgan fingerprint density at radius 3 is 2.47 bits per heavy atom. The Kier molecular flexibility index (Phi) is 8.21. The topological polar surface area (TPSA) is 41.6 Å². The summed E-state index contributed by atoms with van der Waals surface area (Å²) in [5.41, 5.74) is 2.44. The molecule has 3 aromatic rings. The minimum absolute atomic E-state index is 0.00787. The van der Waals surface area contributed by atoms with E-state index in [0.29, 0.717) is 16.7 Å². The van der Waals surface area contributed by atoms with Gasteiger partial charge in [-0.1, -0.05) is 48.0 Å². The Hall–Kier alpha value is -3.03. The molecule has 0 radical (unpaired) electrons. The van der Waals surface area contributed by atoms with Crippen molar-refractivity contribution in [2.45, 2.75) is 38.0 Å². The molecule has 1 aliphatic heterocycles. The number of methoxy groups -OCH3 is 1. The average Bonchev–Trinajstić information content (AvgIpc) is 2.87. The van der Waals surface area contributed by atoms with Crippen molar-refractivity contribution in [3.8, 4) is 5.75 Å². The van der Waals surface area contributed by atoms with Crippen LogP contribution in [0.5, 0.6) is 5.75 Å². The molecule has 1 N–H and O–H groups in total. The third kappa shape index (κ3) is 6.59. The van der Waals surface area contributed by atoms with Crippen molar-refractivity contribution in [2.75, 3.05) is 20.2 Å². The zero-order valence-electron chi connectivity index (χ0n) is 19.9. The second kappa shape index (κ2) is 11.4. The highest BCUT2D eigenvalue weighted by atomic mass is 35.5. The van der Waals surface area contributed by atoms with Crippen LogP contribution in [0.25, 0.3) is 0 Å². The molecule has 0 spiro atoms. The molecule has 1 saturated heterocycles. The van der Waals surface area contributed by atoms with Crippen LogP contribution in [0.2, 0.25) is 5.02 Å². The first kappa shape index (κ1) is 26.0. The van der Waals surface area contributed by atoms with Crippen molar-refractivity contribution in [3.63, 3.8) is 0 Å². The maximum absolute atomic E-state index is 12.9.